The number of pyridine rings is 2. The minimum atomic E-state index is -0.784. The summed E-state index contributed by atoms with van der Waals surface area (Å²) in [4.78, 5) is 29.6. The smallest absolute Gasteiger partial charge is 0.422 e. The molecule has 2 aromatic heterocycles. The SMILES string of the molecule is C=C/C=C(\C=C)c1cc2c(Cl)nccc2n(C(=O)OC(C)(C)C)c1=O. The molecule has 0 aliphatic carbocycles. The van der Waals surface area contributed by atoms with E-state index in [1.54, 1.807) is 39.0 Å². The molecule has 0 aliphatic heterocycles. The predicted octanol–water partition coefficient (Wildman–Crippen LogP) is 4.59. The Kier molecular flexibility index (Phi) is 5.28. The summed E-state index contributed by atoms with van der Waals surface area (Å²) in [7, 11) is 0. The summed E-state index contributed by atoms with van der Waals surface area (Å²) >= 11 is 6.17. The number of hydrogen-bond donors (Lipinski definition) is 0. The topological polar surface area (TPSA) is 61.2 Å². The van der Waals surface area contributed by atoms with Gasteiger partial charge in [0.05, 0.1) is 5.52 Å². The number of carbonyl (C=O) groups excluding carboxylic acids is 1. The van der Waals surface area contributed by atoms with Crippen molar-refractivity contribution in [2.45, 2.75) is 26.4 Å². The van der Waals surface area contributed by atoms with E-state index in [1.165, 1.54) is 18.3 Å². The molecule has 0 spiro atoms. The van der Waals surface area contributed by atoms with E-state index in [1.807, 2.05) is 0 Å². The van der Waals surface area contributed by atoms with Crippen LogP contribution in [-0.2, 0) is 4.74 Å². The second-order valence-electron chi connectivity index (χ2n) is 6.28. The summed E-state index contributed by atoms with van der Waals surface area (Å²) in [6.45, 7) is 12.5. The molecular weight excluding hydrogens is 340 g/mol. The van der Waals surface area contributed by atoms with Crippen molar-refractivity contribution in [1.29, 1.82) is 0 Å². The third kappa shape index (κ3) is 3.88. The van der Waals surface area contributed by atoms with Crippen molar-refractivity contribution in [2.75, 3.05) is 0 Å². The van der Waals surface area contributed by atoms with Crippen LogP contribution in [0.5, 0.6) is 0 Å². The van der Waals surface area contributed by atoms with Crippen LogP contribution in [0.4, 0.5) is 4.79 Å². The maximum Gasteiger partial charge on any atom is 0.422 e. The van der Waals surface area contributed by atoms with Gasteiger partial charge < -0.3 is 4.74 Å². The maximum atomic E-state index is 13.0. The number of ether oxygens (including phenoxy) is 1. The molecule has 0 N–H and O–H groups in total. The standard InChI is InChI=1S/C19H19ClN2O3/c1-6-8-12(7-2)13-11-14-15(9-10-21-16(14)20)22(17(13)23)18(24)25-19(3,4)5/h6-11H,1-2H2,3-5H3/b12-8+. The van der Waals surface area contributed by atoms with Gasteiger partial charge in [-0.2, -0.15) is 0 Å². The normalized spacial score (nSPS) is 12.1. The van der Waals surface area contributed by atoms with Crippen LogP contribution in [0.15, 0.2) is 54.5 Å². The number of halogens is 1. The average molecular weight is 359 g/mol. The third-order valence-corrected chi connectivity index (χ3v) is 3.59. The summed E-state index contributed by atoms with van der Waals surface area (Å²) in [6.07, 6.45) is 5.31. The van der Waals surface area contributed by atoms with E-state index in [0.717, 1.165) is 4.57 Å². The van der Waals surface area contributed by atoms with Gasteiger partial charge in [-0.3, -0.25) is 4.79 Å². The molecule has 2 aromatic rings. The zero-order valence-electron chi connectivity index (χ0n) is 14.4. The highest BCUT2D eigenvalue weighted by molar-refractivity contribution is 6.34. The van der Waals surface area contributed by atoms with Crippen molar-refractivity contribution in [3.63, 3.8) is 0 Å². The molecule has 5 nitrogen and oxygen atoms in total. The summed E-state index contributed by atoms with van der Waals surface area (Å²) in [5.41, 5.74) is -0.196. The first kappa shape index (κ1) is 18.7. The van der Waals surface area contributed by atoms with Gasteiger partial charge in [-0.05, 0) is 38.5 Å². The Hall–Kier alpha value is -2.66. The molecule has 2 heterocycles. The van der Waals surface area contributed by atoms with Gasteiger partial charge in [-0.15, -0.1) is 0 Å². The lowest BCUT2D eigenvalue weighted by molar-refractivity contribution is 0.0538. The minimum Gasteiger partial charge on any atom is -0.443 e. The predicted molar refractivity (Wildman–Crippen MR) is 101 cm³/mol. The highest BCUT2D eigenvalue weighted by atomic mass is 35.5. The zero-order chi connectivity index (χ0) is 18.8. The number of fused-ring (bicyclic) bond motifs is 1. The van der Waals surface area contributed by atoms with Crippen LogP contribution in [0.1, 0.15) is 26.3 Å². The fourth-order valence-corrected chi connectivity index (χ4v) is 2.50. The van der Waals surface area contributed by atoms with Gasteiger partial charge in [0.25, 0.3) is 5.56 Å². The van der Waals surface area contributed by atoms with Gasteiger partial charge in [0.1, 0.15) is 10.8 Å². The lowest BCUT2D eigenvalue weighted by atomic mass is 10.1. The molecule has 2 rings (SSSR count). The number of aromatic nitrogens is 2. The van der Waals surface area contributed by atoms with Crippen LogP contribution in [0.25, 0.3) is 16.5 Å². The first-order valence-electron chi connectivity index (χ1n) is 7.58. The van der Waals surface area contributed by atoms with Crippen LogP contribution in [-0.4, -0.2) is 21.2 Å². The Morgan fingerprint density at radius 3 is 2.60 bits per heavy atom. The quantitative estimate of drug-likeness (QED) is 0.594. The number of nitrogens with zero attached hydrogens (tertiary/aromatic N) is 2. The van der Waals surface area contributed by atoms with E-state index in [9.17, 15) is 9.59 Å². The fourth-order valence-electron chi connectivity index (χ4n) is 2.29. The second-order valence-corrected chi connectivity index (χ2v) is 6.63. The van der Waals surface area contributed by atoms with E-state index in [0.29, 0.717) is 16.5 Å². The Morgan fingerprint density at radius 2 is 2.04 bits per heavy atom. The van der Waals surface area contributed by atoms with E-state index < -0.39 is 17.3 Å². The molecule has 0 unspecified atom stereocenters. The van der Waals surface area contributed by atoms with E-state index >= 15 is 0 Å². The monoisotopic (exact) mass is 358 g/mol. The summed E-state index contributed by atoms with van der Waals surface area (Å²) in [6, 6.07) is 3.13. The molecule has 130 valence electrons. The molecule has 0 aromatic carbocycles. The Labute approximate surface area is 150 Å². The van der Waals surface area contributed by atoms with Crippen LogP contribution >= 0.6 is 11.6 Å². The molecular formula is C19H19ClN2O3. The van der Waals surface area contributed by atoms with Gasteiger partial charge in [0, 0.05) is 17.1 Å². The number of hydrogen-bond acceptors (Lipinski definition) is 4. The largest absolute Gasteiger partial charge is 0.443 e. The van der Waals surface area contributed by atoms with Crippen molar-refractivity contribution in [3.8, 4) is 0 Å². The molecule has 0 bridgehead atoms. The Balaban J connectivity index is 2.89. The molecule has 0 amide bonds. The molecule has 0 saturated carbocycles. The molecule has 0 aliphatic rings. The highest BCUT2D eigenvalue weighted by Gasteiger charge is 2.23. The Morgan fingerprint density at radius 1 is 1.36 bits per heavy atom. The lowest BCUT2D eigenvalue weighted by Crippen LogP contribution is -2.35. The average Bonchev–Trinajstić information content (AvgIpc) is 2.51. The van der Waals surface area contributed by atoms with Crippen molar-refractivity contribution in [1.82, 2.24) is 9.55 Å². The molecule has 0 fully saturated rings. The molecule has 25 heavy (non-hydrogen) atoms. The number of rotatable bonds is 3. The van der Waals surface area contributed by atoms with Gasteiger partial charge >= 0.3 is 6.09 Å². The maximum absolute atomic E-state index is 13.0. The number of allylic oxidation sites excluding steroid dienone is 4. The first-order valence-corrected chi connectivity index (χ1v) is 7.96. The lowest BCUT2D eigenvalue weighted by Gasteiger charge is -2.21. The van der Waals surface area contributed by atoms with Crippen molar-refractivity contribution >= 4 is 34.2 Å². The number of carbonyl (C=O) groups is 1. The van der Waals surface area contributed by atoms with Crippen LogP contribution in [0, 0.1) is 0 Å². The van der Waals surface area contributed by atoms with Gasteiger partial charge in [-0.1, -0.05) is 43.0 Å². The fraction of sp³-hybridized carbons (Fsp3) is 0.211. The molecule has 6 heteroatoms. The van der Waals surface area contributed by atoms with Crippen molar-refractivity contribution in [3.05, 3.63) is 70.8 Å². The van der Waals surface area contributed by atoms with Crippen LogP contribution in [0.2, 0.25) is 5.15 Å². The minimum absolute atomic E-state index is 0.179. The van der Waals surface area contributed by atoms with E-state index in [4.69, 9.17) is 16.3 Å². The van der Waals surface area contributed by atoms with Gasteiger partial charge in [0.15, 0.2) is 0 Å². The van der Waals surface area contributed by atoms with Crippen molar-refractivity contribution in [2.24, 2.45) is 0 Å². The molecule has 0 radical (unpaired) electrons. The third-order valence-electron chi connectivity index (χ3n) is 3.29. The first-order chi connectivity index (χ1) is 11.7. The van der Waals surface area contributed by atoms with Gasteiger partial charge in [0.2, 0.25) is 0 Å². The molecule has 0 saturated heterocycles. The highest BCUT2D eigenvalue weighted by Crippen LogP contribution is 2.24. The summed E-state index contributed by atoms with van der Waals surface area (Å²) in [5.74, 6) is 0. The zero-order valence-corrected chi connectivity index (χ0v) is 15.1. The van der Waals surface area contributed by atoms with E-state index in [-0.39, 0.29) is 10.7 Å². The van der Waals surface area contributed by atoms with E-state index in [2.05, 4.69) is 18.1 Å². The van der Waals surface area contributed by atoms with Crippen molar-refractivity contribution < 1.29 is 9.53 Å². The summed E-state index contributed by atoms with van der Waals surface area (Å²) < 4.78 is 6.34. The second kappa shape index (κ2) is 7.07. The van der Waals surface area contributed by atoms with Gasteiger partial charge in [-0.25, -0.2) is 14.3 Å². The Bertz CT molecular complexity index is 950. The van der Waals surface area contributed by atoms with Crippen LogP contribution < -0.4 is 5.56 Å². The summed E-state index contributed by atoms with van der Waals surface area (Å²) in [5, 5.41) is 0.638. The molecule has 0 atom stereocenters. The van der Waals surface area contributed by atoms with Crippen LogP contribution in [0.3, 0.4) is 0 Å².